The van der Waals surface area contributed by atoms with E-state index in [-0.39, 0.29) is 74.0 Å². The molecule has 0 saturated carbocycles. The summed E-state index contributed by atoms with van der Waals surface area (Å²) in [6, 6.07) is 0. The van der Waals surface area contributed by atoms with Crippen LogP contribution in [-0.4, -0.2) is 50.3 Å². The van der Waals surface area contributed by atoms with Gasteiger partial charge in [-0.1, -0.05) is 107 Å². The predicted molar refractivity (Wildman–Crippen MR) is 179 cm³/mol. The fraction of sp³-hybridized carbons (Fsp3) is 0.892. The lowest BCUT2D eigenvalue weighted by Gasteiger charge is -2.33. The molecule has 4 atom stereocenters. The van der Waals surface area contributed by atoms with Gasteiger partial charge in [-0.2, -0.15) is 0 Å². The molecule has 264 valence electrons. The van der Waals surface area contributed by atoms with Crippen LogP contribution in [0.4, 0.5) is 0 Å². The summed E-state index contributed by atoms with van der Waals surface area (Å²) in [4.78, 5) is 52.9. The average Bonchev–Trinajstić information content (AvgIpc) is 3.05. The van der Waals surface area contributed by atoms with E-state index in [2.05, 4.69) is 27.7 Å². The molecule has 45 heavy (non-hydrogen) atoms. The zero-order valence-corrected chi connectivity index (χ0v) is 30.2. The van der Waals surface area contributed by atoms with Gasteiger partial charge in [-0.05, 0) is 51.4 Å². The van der Waals surface area contributed by atoms with Crippen LogP contribution in [0.15, 0.2) is 0 Å². The minimum atomic E-state index is -1.23. The second-order valence-corrected chi connectivity index (χ2v) is 12.9. The van der Waals surface area contributed by atoms with Crippen LogP contribution >= 0.6 is 0 Å². The number of ether oxygens (including phenoxy) is 4. The monoisotopic (exact) mass is 640 g/mol. The maximum absolute atomic E-state index is 13.2. The van der Waals surface area contributed by atoms with Gasteiger partial charge in [0.1, 0.15) is 31.8 Å². The molecule has 8 nitrogen and oxygen atoms in total. The lowest BCUT2D eigenvalue weighted by atomic mass is 9.91. The van der Waals surface area contributed by atoms with Crippen LogP contribution in [0.3, 0.4) is 0 Å². The Balaban J connectivity index is 6.32. The van der Waals surface area contributed by atoms with Crippen LogP contribution in [0.2, 0.25) is 0 Å². The second-order valence-electron chi connectivity index (χ2n) is 12.9. The van der Waals surface area contributed by atoms with Crippen LogP contribution in [-0.2, 0) is 38.1 Å². The van der Waals surface area contributed by atoms with Crippen molar-refractivity contribution >= 4 is 23.9 Å². The minimum Gasteiger partial charge on any atom is -0.464 e. The first-order chi connectivity index (χ1) is 21.6. The summed E-state index contributed by atoms with van der Waals surface area (Å²) in [5.74, 6) is -2.38. The Morgan fingerprint density at radius 2 is 0.600 bits per heavy atom. The first-order valence-corrected chi connectivity index (χ1v) is 18.3. The fourth-order valence-corrected chi connectivity index (χ4v) is 5.37. The van der Waals surface area contributed by atoms with Gasteiger partial charge in [0.2, 0.25) is 0 Å². The van der Waals surface area contributed by atoms with Gasteiger partial charge in [-0.15, -0.1) is 0 Å². The largest absolute Gasteiger partial charge is 0.464 e. The van der Waals surface area contributed by atoms with Crippen LogP contribution in [0.1, 0.15) is 158 Å². The molecule has 0 aromatic heterocycles. The van der Waals surface area contributed by atoms with Crippen molar-refractivity contribution in [2.24, 2.45) is 29.1 Å². The molecule has 0 heterocycles. The van der Waals surface area contributed by atoms with Gasteiger partial charge >= 0.3 is 23.9 Å². The SMILES string of the molecule is CCCC[C@@H](CC)C(=O)OCC(COC(=O)[C@H](CC)CCCC)(COC(=O)[C@H](CC)CCCC)COC(=O)[C@@H](CC)CCCC. The molecule has 0 radical (unpaired) electrons. The summed E-state index contributed by atoms with van der Waals surface area (Å²) < 4.78 is 23.6. The maximum Gasteiger partial charge on any atom is 0.308 e. The molecule has 0 rings (SSSR count). The van der Waals surface area contributed by atoms with Gasteiger partial charge in [0.05, 0.1) is 23.7 Å². The van der Waals surface area contributed by atoms with E-state index in [0.29, 0.717) is 25.7 Å². The summed E-state index contributed by atoms with van der Waals surface area (Å²) in [5.41, 5.74) is -1.23. The van der Waals surface area contributed by atoms with Gasteiger partial charge < -0.3 is 18.9 Å². The van der Waals surface area contributed by atoms with Gasteiger partial charge in [0.15, 0.2) is 0 Å². The zero-order valence-electron chi connectivity index (χ0n) is 30.2. The summed E-state index contributed by atoms with van der Waals surface area (Å²) in [6.45, 7) is 15.4. The van der Waals surface area contributed by atoms with Crippen LogP contribution in [0.5, 0.6) is 0 Å². The summed E-state index contributed by atoms with van der Waals surface area (Å²) in [6.07, 6.45) is 13.0. The minimum absolute atomic E-state index is 0.189. The predicted octanol–water partition coefficient (Wildman–Crippen LogP) is 9.01. The Kier molecular flexibility index (Phi) is 24.8. The Hall–Kier alpha value is -2.12. The molecule has 0 N–H and O–H groups in total. The molecule has 0 aliphatic carbocycles. The Morgan fingerprint density at radius 3 is 0.756 bits per heavy atom. The smallest absolute Gasteiger partial charge is 0.308 e. The van der Waals surface area contributed by atoms with Crippen LogP contribution in [0, 0.1) is 29.1 Å². The third kappa shape index (κ3) is 17.4. The van der Waals surface area contributed by atoms with Crippen molar-refractivity contribution in [3.05, 3.63) is 0 Å². The molecule has 0 saturated heterocycles. The highest BCUT2D eigenvalue weighted by molar-refractivity contribution is 5.74. The Bertz CT molecular complexity index is 677. The second kappa shape index (κ2) is 26.0. The van der Waals surface area contributed by atoms with E-state index in [1.807, 2.05) is 27.7 Å². The summed E-state index contributed by atoms with van der Waals surface area (Å²) in [7, 11) is 0. The van der Waals surface area contributed by atoms with Gasteiger partial charge in [-0.25, -0.2) is 0 Å². The molecule has 0 bridgehead atoms. The number of carbonyl (C=O) groups excluding carboxylic acids is 4. The van der Waals surface area contributed by atoms with E-state index in [1.54, 1.807) is 0 Å². The van der Waals surface area contributed by atoms with Gasteiger partial charge in [-0.3, -0.25) is 19.2 Å². The lowest BCUT2D eigenvalue weighted by Crippen LogP contribution is -2.45. The van der Waals surface area contributed by atoms with E-state index in [0.717, 1.165) is 77.0 Å². The highest BCUT2D eigenvalue weighted by Gasteiger charge is 2.40. The molecule has 0 amide bonds. The van der Waals surface area contributed by atoms with Gasteiger partial charge in [0, 0.05) is 0 Å². The van der Waals surface area contributed by atoms with Gasteiger partial charge in [0.25, 0.3) is 0 Å². The molecule has 0 aliphatic rings. The molecule has 0 aliphatic heterocycles. The van der Waals surface area contributed by atoms with Crippen LogP contribution in [0.25, 0.3) is 0 Å². The molecular formula is C37H68O8. The first-order valence-electron chi connectivity index (χ1n) is 18.3. The number of hydrogen-bond acceptors (Lipinski definition) is 8. The molecule has 8 heteroatoms. The summed E-state index contributed by atoms with van der Waals surface area (Å²) in [5, 5.41) is 0. The number of carbonyl (C=O) groups is 4. The zero-order chi connectivity index (χ0) is 34.1. The number of rotatable bonds is 28. The molecule has 0 unspecified atom stereocenters. The van der Waals surface area contributed by atoms with Crippen molar-refractivity contribution in [1.29, 1.82) is 0 Å². The molecule has 0 fully saturated rings. The van der Waals surface area contributed by atoms with E-state index in [4.69, 9.17) is 18.9 Å². The van der Waals surface area contributed by atoms with E-state index in [9.17, 15) is 19.2 Å². The van der Waals surface area contributed by atoms with Crippen molar-refractivity contribution in [3.8, 4) is 0 Å². The first kappa shape index (κ1) is 42.9. The maximum atomic E-state index is 13.2. The highest BCUT2D eigenvalue weighted by Crippen LogP contribution is 2.27. The quantitative estimate of drug-likeness (QED) is 0.0616. The lowest BCUT2D eigenvalue weighted by molar-refractivity contribution is -0.176. The summed E-state index contributed by atoms with van der Waals surface area (Å²) >= 11 is 0. The molecule has 0 aromatic rings. The number of unbranched alkanes of at least 4 members (excludes halogenated alkanes) is 4. The van der Waals surface area contributed by atoms with E-state index < -0.39 is 5.41 Å². The third-order valence-electron chi connectivity index (χ3n) is 9.01. The third-order valence-corrected chi connectivity index (χ3v) is 9.01. The molecule has 0 aromatic carbocycles. The van der Waals surface area contributed by atoms with Crippen LogP contribution < -0.4 is 0 Å². The Labute approximate surface area is 275 Å². The van der Waals surface area contributed by atoms with Crippen molar-refractivity contribution in [1.82, 2.24) is 0 Å². The molecular weight excluding hydrogens is 572 g/mol. The normalized spacial score (nSPS) is 14.2. The molecule has 0 spiro atoms. The van der Waals surface area contributed by atoms with E-state index >= 15 is 0 Å². The number of esters is 4. The average molecular weight is 641 g/mol. The Morgan fingerprint density at radius 1 is 0.400 bits per heavy atom. The van der Waals surface area contributed by atoms with Crippen molar-refractivity contribution in [3.63, 3.8) is 0 Å². The van der Waals surface area contributed by atoms with Crippen molar-refractivity contribution < 1.29 is 38.1 Å². The fourth-order valence-electron chi connectivity index (χ4n) is 5.37. The standard InChI is InChI=1S/C37H68O8/c1-9-17-21-29(13-5)33(38)42-25-37(26-43-34(39)30(14-6)22-18-10-2,27-44-35(40)31(15-7)23-19-11-3)28-45-36(41)32(16-8)24-20-12-4/h29-32H,9-28H2,1-8H3/t29-,30-,31-,32+/m1/s1. The van der Waals surface area contributed by atoms with Crippen molar-refractivity contribution in [2.75, 3.05) is 26.4 Å². The number of hydrogen-bond donors (Lipinski definition) is 0. The van der Waals surface area contributed by atoms with E-state index in [1.165, 1.54) is 0 Å². The topological polar surface area (TPSA) is 105 Å². The van der Waals surface area contributed by atoms with Crippen molar-refractivity contribution in [2.45, 2.75) is 158 Å². The highest BCUT2D eigenvalue weighted by atomic mass is 16.6.